The second-order valence-electron chi connectivity index (χ2n) is 7.57. The molecule has 1 fully saturated rings. The van der Waals surface area contributed by atoms with E-state index in [-0.39, 0.29) is 10.8 Å². The average molecular weight is 488 g/mol. The van der Waals surface area contributed by atoms with E-state index in [0.717, 1.165) is 18.5 Å². The van der Waals surface area contributed by atoms with Gasteiger partial charge < -0.3 is 10.1 Å². The molecule has 1 aliphatic heterocycles. The summed E-state index contributed by atoms with van der Waals surface area (Å²) in [5, 5.41) is 11.0. The number of thioether (sulfide) groups is 1. The molecule has 2 aromatic carbocycles. The van der Waals surface area contributed by atoms with Crippen LogP contribution in [0, 0.1) is 0 Å². The van der Waals surface area contributed by atoms with Gasteiger partial charge in [0.1, 0.15) is 12.1 Å². The lowest BCUT2D eigenvalue weighted by molar-refractivity contribution is -0.115. The van der Waals surface area contributed by atoms with E-state index < -0.39 is 15.3 Å². The highest BCUT2D eigenvalue weighted by atomic mass is 32.2. The summed E-state index contributed by atoms with van der Waals surface area (Å²) in [6.07, 6.45) is 3.35. The van der Waals surface area contributed by atoms with Crippen LogP contribution in [-0.2, 0) is 14.8 Å². The first-order chi connectivity index (χ1) is 15.9. The lowest BCUT2D eigenvalue weighted by Gasteiger charge is -2.16. The van der Waals surface area contributed by atoms with Crippen molar-refractivity contribution in [2.24, 2.45) is 0 Å². The molecule has 1 saturated heterocycles. The van der Waals surface area contributed by atoms with Crippen LogP contribution in [0.15, 0.2) is 64.9 Å². The van der Waals surface area contributed by atoms with E-state index >= 15 is 0 Å². The highest BCUT2D eigenvalue weighted by Gasteiger charge is 2.27. The minimum absolute atomic E-state index is 0.227. The quantitative estimate of drug-likeness (QED) is 0.486. The van der Waals surface area contributed by atoms with Gasteiger partial charge in [-0.25, -0.2) is 8.42 Å². The third-order valence-electron chi connectivity index (χ3n) is 5.32. The fourth-order valence-corrected chi connectivity index (χ4v) is 5.85. The first-order valence-corrected chi connectivity index (χ1v) is 12.8. The molecule has 0 spiro atoms. The Morgan fingerprint density at radius 1 is 1.15 bits per heavy atom. The molecule has 1 amide bonds. The molecular formula is C22H25N5O4S2. The van der Waals surface area contributed by atoms with Gasteiger partial charge in [0.15, 0.2) is 5.16 Å². The number of methoxy groups -OCH3 is 1. The zero-order valence-electron chi connectivity index (χ0n) is 18.3. The van der Waals surface area contributed by atoms with Crippen LogP contribution in [-0.4, -0.2) is 58.8 Å². The van der Waals surface area contributed by atoms with Gasteiger partial charge in [-0.1, -0.05) is 17.8 Å². The summed E-state index contributed by atoms with van der Waals surface area (Å²) < 4.78 is 33.9. The van der Waals surface area contributed by atoms with Crippen molar-refractivity contribution in [2.75, 3.05) is 25.5 Å². The van der Waals surface area contributed by atoms with Crippen LogP contribution in [0.25, 0.3) is 5.69 Å². The molecule has 0 aliphatic carbocycles. The van der Waals surface area contributed by atoms with E-state index in [1.54, 1.807) is 37.1 Å². The lowest BCUT2D eigenvalue weighted by Crippen LogP contribution is -2.27. The number of anilines is 1. The number of hydrogen-bond acceptors (Lipinski definition) is 7. The molecule has 1 unspecified atom stereocenters. The Balaban J connectivity index is 1.41. The molecule has 11 heteroatoms. The molecule has 174 valence electrons. The number of nitrogens with zero attached hydrogens (tertiary/aromatic N) is 4. The largest absolute Gasteiger partial charge is 0.497 e. The Hall–Kier alpha value is -2.89. The number of ether oxygens (including phenoxy) is 1. The predicted molar refractivity (Wildman–Crippen MR) is 126 cm³/mol. The minimum atomic E-state index is -3.48. The van der Waals surface area contributed by atoms with Crippen molar-refractivity contribution in [2.45, 2.75) is 35.1 Å². The first-order valence-electron chi connectivity index (χ1n) is 10.5. The normalized spacial score (nSPS) is 15.3. The molecule has 1 atom stereocenters. The summed E-state index contributed by atoms with van der Waals surface area (Å²) in [4.78, 5) is 13.0. The zero-order chi connectivity index (χ0) is 23.4. The van der Waals surface area contributed by atoms with Gasteiger partial charge in [-0.05, 0) is 56.2 Å². The highest BCUT2D eigenvalue weighted by Crippen LogP contribution is 2.27. The second-order valence-corrected chi connectivity index (χ2v) is 10.8. The number of aromatic nitrogens is 3. The summed E-state index contributed by atoms with van der Waals surface area (Å²) in [7, 11) is -1.88. The zero-order valence-corrected chi connectivity index (χ0v) is 20.0. The van der Waals surface area contributed by atoms with E-state index in [0.29, 0.717) is 29.7 Å². The number of hydrogen-bond donors (Lipinski definition) is 1. The van der Waals surface area contributed by atoms with E-state index in [1.165, 1.54) is 28.2 Å². The fraction of sp³-hybridized carbons (Fsp3) is 0.318. The summed E-state index contributed by atoms with van der Waals surface area (Å²) >= 11 is 1.27. The van der Waals surface area contributed by atoms with Crippen LogP contribution in [0.3, 0.4) is 0 Å². The van der Waals surface area contributed by atoms with Crippen LogP contribution < -0.4 is 10.1 Å². The number of nitrogens with one attached hydrogen (secondary N) is 1. The number of rotatable bonds is 8. The highest BCUT2D eigenvalue weighted by molar-refractivity contribution is 8.00. The van der Waals surface area contributed by atoms with Gasteiger partial charge in [0.05, 0.1) is 22.9 Å². The van der Waals surface area contributed by atoms with Gasteiger partial charge >= 0.3 is 0 Å². The third-order valence-corrected chi connectivity index (χ3v) is 8.29. The molecule has 1 aliphatic rings. The lowest BCUT2D eigenvalue weighted by atomic mass is 10.3. The summed E-state index contributed by atoms with van der Waals surface area (Å²) in [6.45, 7) is 2.88. The number of sulfonamides is 1. The SMILES string of the molecule is COc1cccc(-n2cnnc2SC(C)C(=O)Nc2ccc(S(=O)(=O)N3CCCC3)cc2)c1. The Labute approximate surface area is 197 Å². The molecule has 33 heavy (non-hydrogen) atoms. The van der Waals surface area contributed by atoms with E-state index in [4.69, 9.17) is 4.74 Å². The molecule has 1 aromatic heterocycles. The van der Waals surface area contributed by atoms with E-state index in [1.807, 2.05) is 24.3 Å². The summed E-state index contributed by atoms with van der Waals surface area (Å²) in [6, 6.07) is 13.7. The third kappa shape index (κ3) is 5.21. The van der Waals surface area contributed by atoms with Crippen molar-refractivity contribution in [1.82, 2.24) is 19.1 Å². The van der Waals surface area contributed by atoms with Crippen molar-refractivity contribution in [3.05, 3.63) is 54.9 Å². The second kappa shape index (κ2) is 9.94. The van der Waals surface area contributed by atoms with Gasteiger partial charge in [-0.15, -0.1) is 10.2 Å². The molecule has 2 heterocycles. The maximum Gasteiger partial charge on any atom is 0.243 e. The van der Waals surface area contributed by atoms with Crippen molar-refractivity contribution in [1.29, 1.82) is 0 Å². The maximum absolute atomic E-state index is 12.7. The van der Waals surface area contributed by atoms with Gasteiger partial charge in [-0.3, -0.25) is 9.36 Å². The van der Waals surface area contributed by atoms with Crippen molar-refractivity contribution in [3.8, 4) is 11.4 Å². The summed E-state index contributed by atoms with van der Waals surface area (Å²) in [5.41, 5.74) is 1.35. The molecule has 4 rings (SSSR count). The fourth-order valence-electron chi connectivity index (χ4n) is 3.49. The van der Waals surface area contributed by atoms with Gasteiger partial charge in [-0.2, -0.15) is 4.31 Å². The monoisotopic (exact) mass is 487 g/mol. The molecular weight excluding hydrogens is 462 g/mol. The van der Waals surface area contributed by atoms with Crippen molar-refractivity contribution >= 4 is 33.4 Å². The summed E-state index contributed by atoms with van der Waals surface area (Å²) in [5.74, 6) is 0.480. The minimum Gasteiger partial charge on any atom is -0.497 e. The van der Waals surface area contributed by atoms with Gasteiger partial charge in [0, 0.05) is 24.8 Å². The Morgan fingerprint density at radius 3 is 2.58 bits per heavy atom. The average Bonchev–Trinajstić information content (AvgIpc) is 3.52. The van der Waals surface area contributed by atoms with Crippen LogP contribution in [0.5, 0.6) is 5.75 Å². The van der Waals surface area contributed by atoms with Gasteiger partial charge in [0.2, 0.25) is 15.9 Å². The number of carbonyl (C=O) groups is 1. The smallest absolute Gasteiger partial charge is 0.243 e. The van der Waals surface area contributed by atoms with Crippen LogP contribution in [0.4, 0.5) is 5.69 Å². The van der Waals surface area contributed by atoms with Crippen molar-refractivity contribution < 1.29 is 17.9 Å². The molecule has 1 N–H and O–H groups in total. The molecule has 3 aromatic rings. The van der Waals surface area contributed by atoms with Crippen LogP contribution >= 0.6 is 11.8 Å². The van der Waals surface area contributed by atoms with Crippen molar-refractivity contribution in [3.63, 3.8) is 0 Å². The molecule has 0 radical (unpaired) electrons. The Morgan fingerprint density at radius 2 is 1.88 bits per heavy atom. The number of carbonyl (C=O) groups excluding carboxylic acids is 1. The number of benzene rings is 2. The standard InChI is InChI=1S/C22H25N5O4S2/c1-16(32-22-25-23-15-27(22)18-6-5-7-19(14-18)31-2)21(28)24-17-8-10-20(11-9-17)33(29,30)26-12-3-4-13-26/h5-11,14-16H,3-4,12-13H2,1-2H3,(H,24,28). The van der Waals surface area contributed by atoms with E-state index in [2.05, 4.69) is 15.5 Å². The predicted octanol–water partition coefficient (Wildman–Crippen LogP) is 3.18. The van der Waals surface area contributed by atoms with Crippen LogP contribution in [0.2, 0.25) is 0 Å². The molecule has 9 nitrogen and oxygen atoms in total. The Bertz CT molecular complexity index is 1220. The molecule has 0 bridgehead atoms. The maximum atomic E-state index is 12.7. The van der Waals surface area contributed by atoms with E-state index in [9.17, 15) is 13.2 Å². The van der Waals surface area contributed by atoms with Gasteiger partial charge in [0.25, 0.3) is 0 Å². The Kier molecular flexibility index (Phi) is 7.01. The first kappa shape index (κ1) is 23.3. The topological polar surface area (TPSA) is 106 Å². The number of amides is 1. The van der Waals surface area contributed by atoms with Crippen LogP contribution in [0.1, 0.15) is 19.8 Å². The molecule has 0 saturated carbocycles.